The van der Waals surface area contributed by atoms with E-state index in [1.807, 2.05) is 13.8 Å². The van der Waals surface area contributed by atoms with Crippen molar-refractivity contribution in [1.29, 1.82) is 0 Å². The van der Waals surface area contributed by atoms with Crippen LogP contribution in [0.3, 0.4) is 0 Å². The highest BCUT2D eigenvalue weighted by Gasteiger charge is 2.68. The number of aliphatic carboxylic acids is 4. The van der Waals surface area contributed by atoms with Gasteiger partial charge in [0, 0.05) is 37.2 Å². The second-order valence-corrected chi connectivity index (χ2v) is 36.9. The summed E-state index contributed by atoms with van der Waals surface area (Å²) in [4.78, 5) is 134. The molecule has 0 saturated heterocycles. The minimum Gasteiger partial charge on any atom is -0.481 e. The maximum absolute atomic E-state index is 14.3. The number of carboxylic acid groups (broad SMARTS) is 4. The van der Waals surface area contributed by atoms with Crippen LogP contribution in [0.2, 0.25) is 0 Å². The molecule has 2 aromatic carbocycles. The zero-order chi connectivity index (χ0) is 78.5. The van der Waals surface area contributed by atoms with Crippen LogP contribution in [0.25, 0.3) is 0 Å². The minimum absolute atomic E-state index is 0.00366. The van der Waals surface area contributed by atoms with Gasteiger partial charge in [-0.05, 0) is 207 Å². The highest BCUT2D eigenvalue weighted by atomic mass is 33.1. The van der Waals surface area contributed by atoms with Crippen LogP contribution >= 0.6 is 21.6 Å². The number of hydrogen-bond donors (Lipinski definition) is 16. The van der Waals surface area contributed by atoms with Gasteiger partial charge in [-0.2, -0.15) is 0 Å². The molecule has 0 unspecified atom stereocenters. The Bertz CT molecular complexity index is 3320. The molecule has 0 radical (unpaired) electrons. The van der Waals surface area contributed by atoms with E-state index < -0.39 is 167 Å². The molecule has 16 N–H and O–H groups in total. The summed E-state index contributed by atoms with van der Waals surface area (Å²) in [7, 11) is 1.49. The Morgan fingerprint density at radius 2 is 0.769 bits per heavy atom. The average molecular weight is 1550 g/mol. The van der Waals surface area contributed by atoms with E-state index in [4.69, 9.17) is 0 Å². The molecule has 598 valence electrons. The number of nitrogens with one attached hydrogen (secondary N) is 6. The first-order chi connectivity index (χ1) is 51.1. The predicted molar refractivity (Wildman–Crippen MR) is 401 cm³/mol. The van der Waals surface area contributed by atoms with Gasteiger partial charge in [0.05, 0.1) is 49.5 Å². The quantitative estimate of drug-likeness (QED) is 0.0304. The van der Waals surface area contributed by atoms with E-state index in [0.717, 1.165) is 60.1 Å². The molecule has 108 heavy (non-hydrogen) atoms. The second kappa shape index (κ2) is 35.5. The Balaban J connectivity index is 0.713. The highest BCUT2D eigenvalue weighted by molar-refractivity contribution is 8.76. The van der Waals surface area contributed by atoms with Crippen LogP contribution in [0.15, 0.2) is 60.7 Å². The summed E-state index contributed by atoms with van der Waals surface area (Å²) in [5.41, 5.74) is -0.0458. The van der Waals surface area contributed by atoms with Crippen LogP contribution in [0.4, 0.5) is 0 Å². The Morgan fingerprint density at radius 1 is 0.426 bits per heavy atom. The van der Waals surface area contributed by atoms with Crippen LogP contribution in [0.5, 0.6) is 0 Å². The summed E-state index contributed by atoms with van der Waals surface area (Å²) in [5, 5.41) is 124. The van der Waals surface area contributed by atoms with Crippen molar-refractivity contribution in [3.8, 4) is 0 Å². The minimum atomic E-state index is -1.87. The van der Waals surface area contributed by atoms with Crippen molar-refractivity contribution in [3.63, 3.8) is 0 Å². The third-order valence-corrected chi connectivity index (χ3v) is 30.8. The molecule has 8 saturated carbocycles. The largest absolute Gasteiger partial charge is 0.481 e. The summed E-state index contributed by atoms with van der Waals surface area (Å²) < 4.78 is 0. The molecule has 0 bridgehead atoms. The summed E-state index contributed by atoms with van der Waals surface area (Å²) >= 11 is 0. The van der Waals surface area contributed by atoms with E-state index in [0.29, 0.717) is 75.3 Å². The fourth-order valence-corrected chi connectivity index (χ4v) is 24.8. The van der Waals surface area contributed by atoms with Gasteiger partial charge < -0.3 is 83.0 Å². The molecule has 8 aliphatic carbocycles. The molecule has 8 aliphatic rings. The Labute approximate surface area is 640 Å². The number of benzene rings is 2. The molecule has 26 nitrogen and oxygen atoms in total. The number of carbonyl (C=O) groups excluding carboxylic acids is 6. The van der Waals surface area contributed by atoms with Crippen LogP contribution in [0.1, 0.15) is 181 Å². The Kier molecular flexibility index (Phi) is 27.7. The topological polar surface area (TPSA) is 445 Å². The summed E-state index contributed by atoms with van der Waals surface area (Å²) in [6.45, 7) is 12.9. The number of aliphatic hydroxyl groups excluding tert-OH is 6. The van der Waals surface area contributed by atoms with Gasteiger partial charge in [-0.1, -0.05) is 124 Å². The van der Waals surface area contributed by atoms with Crippen molar-refractivity contribution in [1.82, 2.24) is 31.9 Å². The first kappa shape index (κ1) is 84.1. The molecule has 0 aromatic heterocycles. The number of aliphatic hydroxyl groups is 6. The van der Waals surface area contributed by atoms with Crippen LogP contribution < -0.4 is 31.9 Å². The van der Waals surface area contributed by atoms with Gasteiger partial charge in [-0.3, -0.25) is 38.4 Å². The normalized spacial score (nSPS) is 35.3. The molecular weight excluding hydrogens is 1430 g/mol. The number of hydrogen-bond acceptors (Lipinski definition) is 18. The summed E-state index contributed by atoms with van der Waals surface area (Å²) in [6, 6.07) is 7.29. The van der Waals surface area contributed by atoms with Gasteiger partial charge >= 0.3 is 23.9 Å². The van der Waals surface area contributed by atoms with Gasteiger partial charge in [-0.25, -0.2) is 9.59 Å². The molecule has 28 heteroatoms. The molecule has 6 amide bonds. The number of carbonyl (C=O) groups is 10. The lowest BCUT2D eigenvalue weighted by Gasteiger charge is -2.63. The second-order valence-electron chi connectivity index (χ2n) is 34.4. The van der Waals surface area contributed by atoms with E-state index >= 15 is 0 Å². The van der Waals surface area contributed by atoms with Crippen molar-refractivity contribution >= 4 is 80.9 Å². The number of fused-ring (bicyclic) bond motifs is 10. The average Bonchev–Trinajstić information content (AvgIpc) is 1.21. The van der Waals surface area contributed by atoms with Gasteiger partial charge in [0.15, 0.2) is 0 Å². The van der Waals surface area contributed by atoms with E-state index in [2.05, 4.69) is 59.6 Å². The van der Waals surface area contributed by atoms with Crippen molar-refractivity contribution < 1.29 is 99.0 Å². The van der Waals surface area contributed by atoms with Crippen molar-refractivity contribution in [2.24, 2.45) is 92.7 Å². The lowest BCUT2D eigenvalue weighted by molar-refractivity contribution is -0.207. The highest BCUT2D eigenvalue weighted by Crippen LogP contribution is 2.70. The Hall–Kier alpha value is -6.40. The van der Waals surface area contributed by atoms with Crippen LogP contribution in [-0.4, -0.2) is 195 Å². The first-order valence-electron chi connectivity index (χ1n) is 39.2. The van der Waals surface area contributed by atoms with Crippen molar-refractivity contribution in [2.45, 2.75) is 256 Å². The van der Waals surface area contributed by atoms with Crippen LogP contribution in [0, 0.1) is 92.7 Å². The van der Waals surface area contributed by atoms with E-state index in [-0.39, 0.29) is 108 Å². The maximum Gasteiger partial charge on any atom is 0.327 e. The van der Waals surface area contributed by atoms with Crippen molar-refractivity contribution in [3.05, 3.63) is 71.8 Å². The zero-order valence-corrected chi connectivity index (χ0v) is 64.6. The number of rotatable bonds is 33. The van der Waals surface area contributed by atoms with Gasteiger partial charge in [0.25, 0.3) is 0 Å². The molecule has 0 aliphatic heterocycles. The molecule has 8 fully saturated rings. The molecule has 10 rings (SSSR count). The van der Waals surface area contributed by atoms with E-state index in [1.54, 1.807) is 60.7 Å². The van der Waals surface area contributed by atoms with Gasteiger partial charge in [0.1, 0.15) is 36.3 Å². The lowest BCUT2D eigenvalue weighted by Crippen LogP contribution is -2.62. The molecule has 2 aromatic rings. The van der Waals surface area contributed by atoms with Crippen molar-refractivity contribution in [2.75, 3.05) is 11.5 Å². The summed E-state index contributed by atoms with van der Waals surface area (Å²) in [5.74, 6) is -12.0. The first-order valence-corrected chi connectivity index (χ1v) is 41.7. The standard InChI is InChI=1S/C80H116N6O20S2/c1-41(49-19-21-51-69-53(35-63(91)79(49,51)5)77(3)27-25-47(87)31-45(77)33-61(69)89)17-23-65(93)81-55(29-43-13-9-7-10-14-43)71(99)83-57(37-67(95)96)73(101)85-59(75(103)104)39-107-108-40-60(76(105)106)86-74(102)58(38-68(97)98)84-72(100)56(30-44-15-11-8-12-16-44)82-66(94)24-18-42(2)50-20-22-52-70-54(36-64(92)80(50,52)6)78(4)28-26-48(88)32-46(78)34-62(70)90/h7-16,41-42,45-64,69-70,87-92H,17-40H2,1-6H3,(H,81,93)(H,82,94)(H,83,99)(H,84,100)(H,85,101)(H,86,102)(H,95,96)(H,97,98)(H,103,104)(H,105,106)/t41-,42-,45+,46+,47-,48-,49-,50-,51+,52+,53+,54+,55+,56+,57+,58+,59+,60+,61-,62-,63+,64+,69+,70+,77+,78+,79-,80-/m1/s1. The fraction of sp³-hybridized carbons (Fsp3) is 0.725. The molecule has 0 spiro atoms. The number of carboxylic acids is 4. The van der Waals surface area contributed by atoms with Crippen LogP contribution in [-0.2, 0) is 60.8 Å². The zero-order valence-electron chi connectivity index (χ0n) is 63.0. The lowest BCUT2D eigenvalue weighted by atomic mass is 9.43. The summed E-state index contributed by atoms with van der Waals surface area (Å²) in [6.07, 6.45) is 5.27. The molecule has 0 heterocycles. The molecule has 28 atom stereocenters. The van der Waals surface area contributed by atoms with E-state index in [1.165, 1.54) is 0 Å². The van der Waals surface area contributed by atoms with E-state index in [9.17, 15) is 99.0 Å². The third-order valence-electron chi connectivity index (χ3n) is 28.4. The van der Waals surface area contributed by atoms with Gasteiger partial charge in [0.2, 0.25) is 35.4 Å². The SMILES string of the molecule is C[C@H](CCC(=O)N[C@@H](Cc1ccccc1)C(=O)N[C@@H](CC(=O)O)C(=O)N[C@@H](CSSC[C@H](NC(=O)[C@H](CC(=O)O)NC(=O)[C@H](Cc1ccccc1)NC(=O)CC[C@@H](C)[C@H]1CC[C@H]2[C@@H]3[C@H](O)C[C@@H]4C[C@H](O)CC[C@]4(C)[C@H]3C[C@H](O)[C@]12C)C(=O)O)C(=O)O)[C@H]1CC[C@H]2[C@@H]3[C@H](O)C[C@@H]4C[C@H](O)CC[C@]4(C)[C@H]3C[C@H](O)[C@]12C. The predicted octanol–water partition coefficient (Wildman–Crippen LogP) is 5.64. The fourth-order valence-electron chi connectivity index (χ4n) is 22.5. The maximum atomic E-state index is 14.3. The van der Waals surface area contributed by atoms with Gasteiger partial charge in [-0.15, -0.1) is 0 Å². The Morgan fingerprint density at radius 3 is 1.11 bits per heavy atom. The molecular formula is C80H116N6O20S2. The smallest absolute Gasteiger partial charge is 0.327 e. The monoisotopic (exact) mass is 1540 g/mol. The number of amides is 6. The third kappa shape index (κ3) is 18.5.